The van der Waals surface area contributed by atoms with E-state index in [1.807, 2.05) is 39.8 Å². The van der Waals surface area contributed by atoms with Gasteiger partial charge in [0.05, 0.1) is 0 Å². The minimum atomic E-state index is -0.0322. The number of hydrogen-bond acceptors (Lipinski definition) is 2. The predicted molar refractivity (Wildman–Crippen MR) is 100 cm³/mol. The molecule has 4 rings (SSSR count). The van der Waals surface area contributed by atoms with Crippen LogP contribution in [0.15, 0.2) is 18.2 Å². The van der Waals surface area contributed by atoms with Crippen LogP contribution < -0.4 is 0 Å². The summed E-state index contributed by atoms with van der Waals surface area (Å²) in [7, 11) is 0. The molecule has 2 heteroatoms. The number of benzene rings is 1. The van der Waals surface area contributed by atoms with Gasteiger partial charge in [0.1, 0.15) is 11.5 Å². The van der Waals surface area contributed by atoms with Gasteiger partial charge in [0.15, 0.2) is 0 Å². The lowest BCUT2D eigenvalue weighted by Crippen LogP contribution is -2.42. The van der Waals surface area contributed by atoms with Gasteiger partial charge in [-0.1, -0.05) is 40.7 Å². The summed E-state index contributed by atoms with van der Waals surface area (Å²) in [6.45, 7) is 10.2. The maximum Gasteiger partial charge on any atom is 0.139 e. The fourth-order valence-electron chi connectivity index (χ4n) is 5.34. The third-order valence-corrected chi connectivity index (χ3v) is 6.42. The number of Topliss-reactive ketones (excluding diaryl/α,β-unsaturated/α-hetero) is 1. The number of rotatable bonds is 0. The second-order valence-electron chi connectivity index (χ2n) is 7.22. The normalized spacial score (nSPS) is 33.0. The van der Waals surface area contributed by atoms with Crippen LogP contribution in [0, 0.1) is 17.3 Å². The van der Waals surface area contributed by atoms with E-state index in [1.165, 1.54) is 17.5 Å². The number of phenols is 1. The summed E-state index contributed by atoms with van der Waals surface area (Å²) < 4.78 is 0. The molecule has 1 aromatic rings. The van der Waals surface area contributed by atoms with Crippen molar-refractivity contribution in [3.63, 3.8) is 0 Å². The van der Waals surface area contributed by atoms with E-state index in [0.717, 1.165) is 32.1 Å². The third-order valence-electron chi connectivity index (χ3n) is 6.42. The molecule has 2 saturated carbocycles. The number of ketones is 1. The van der Waals surface area contributed by atoms with Gasteiger partial charge in [-0.05, 0) is 73.1 Å². The topological polar surface area (TPSA) is 37.3 Å². The lowest BCUT2D eigenvalue weighted by Gasteiger charge is -2.48. The van der Waals surface area contributed by atoms with Crippen LogP contribution in [0.1, 0.15) is 83.8 Å². The molecule has 4 atom stereocenters. The van der Waals surface area contributed by atoms with Gasteiger partial charge in [0.2, 0.25) is 0 Å². The van der Waals surface area contributed by atoms with Gasteiger partial charge in [-0.3, -0.25) is 4.79 Å². The van der Waals surface area contributed by atoms with Gasteiger partial charge >= 0.3 is 0 Å². The van der Waals surface area contributed by atoms with Gasteiger partial charge in [-0.25, -0.2) is 0 Å². The van der Waals surface area contributed by atoms with Crippen molar-refractivity contribution in [2.45, 2.75) is 79.1 Å². The van der Waals surface area contributed by atoms with Gasteiger partial charge < -0.3 is 5.11 Å². The van der Waals surface area contributed by atoms with Crippen molar-refractivity contribution in [3.05, 3.63) is 29.3 Å². The summed E-state index contributed by atoms with van der Waals surface area (Å²) in [6, 6.07) is 5.90. The van der Waals surface area contributed by atoms with Crippen LogP contribution in [0.3, 0.4) is 0 Å². The highest BCUT2D eigenvalue weighted by Crippen LogP contribution is 2.59. The lowest BCUT2D eigenvalue weighted by molar-refractivity contribution is -0.129. The molecule has 2 nitrogen and oxygen atoms in total. The molecule has 1 aromatic carbocycles. The van der Waals surface area contributed by atoms with Crippen molar-refractivity contribution >= 4 is 5.78 Å². The van der Waals surface area contributed by atoms with Gasteiger partial charge in [-0.15, -0.1) is 0 Å². The van der Waals surface area contributed by atoms with Gasteiger partial charge in [-0.2, -0.15) is 0 Å². The Bertz CT molecular complexity index is 577. The van der Waals surface area contributed by atoms with Crippen LogP contribution in [-0.4, -0.2) is 10.9 Å². The number of hydrogen-bond donors (Lipinski definition) is 1. The van der Waals surface area contributed by atoms with Crippen molar-refractivity contribution in [1.82, 2.24) is 0 Å². The highest BCUT2D eigenvalue weighted by molar-refractivity contribution is 5.87. The molecule has 0 aliphatic heterocycles. The van der Waals surface area contributed by atoms with Gasteiger partial charge in [0, 0.05) is 11.8 Å². The average molecular weight is 331 g/mol. The van der Waals surface area contributed by atoms with Crippen molar-refractivity contribution in [1.29, 1.82) is 0 Å². The molecule has 0 spiro atoms. The Balaban J connectivity index is 0.000000487. The Kier molecular flexibility index (Phi) is 6.11. The predicted octanol–water partition coefficient (Wildman–Crippen LogP) is 5.87. The number of fused-ring (bicyclic) bond motifs is 5. The summed E-state index contributed by atoms with van der Waals surface area (Å²) in [5, 5.41) is 9.67. The van der Waals surface area contributed by atoms with Crippen LogP contribution >= 0.6 is 0 Å². The smallest absolute Gasteiger partial charge is 0.139 e. The number of aromatic hydroxyl groups is 1. The van der Waals surface area contributed by atoms with E-state index in [1.54, 1.807) is 0 Å². The number of phenolic OH excluding ortho intramolecular Hbond substituents is 1. The lowest BCUT2D eigenvalue weighted by atomic mass is 9.55. The van der Waals surface area contributed by atoms with Crippen LogP contribution in [-0.2, 0) is 11.2 Å². The molecule has 0 bridgehead atoms. The van der Waals surface area contributed by atoms with Gasteiger partial charge in [0.25, 0.3) is 0 Å². The molecular formula is C22H34O2. The molecule has 3 aliphatic carbocycles. The van der Waals surface area contributed by atoms with Crippen LogP contribution in [0.25, 0.3) is 0 Å². The Morgan fingerprint density at radius 1 is 1.04 bits per heavy atom. The van der Waals surface area contributed by atoms with Crippen LogP contribution in [0.5, 0.6) is 5.75 Å². The summed E-state index contributed by atoms with van der Waals surface area (Å²) >= 11 is 0. The first-order valence-corrected chi connectivity index (χ1v) is 9.95. The van der Waals surface area contributed by atoms with Crippen molar-refractivity contribution in [3.8, 4) is 5.75 Å². The SMILES string of the molecule is CC.CC.CC12CCC3c4ccc(O)cc4CCC3[C@@H]1CCC2=O. The molecule has 134 valence electrons. The Labute approximate surface area is 147 Å². The Morgan fingerprint density at radius 2 is 1.75 bits per heavy atom. The van der Waals surface area contributed by atoms with E-state index in [2.05, 4.69) is 13.0 Å². The second-order valence-corrected chi connectivity index (χ2v) is 7.22. The molecule has 0 saturated heterocycles. The van der Waals surface area contributed by atoms with Crippen molar-refractivity contribution in [2.24, 2.45) is 17.3 Å². The van der Waals surface area contributed by atoms with Crippen LogP contribution in [0.2, 0.25) is 0 Å². The minimum Gasteiger partial charge on any atom is -0.508 e. The maximum atomic E-state index is 12.3. The van der Waals surface area contributed by atoms with E-state index < -0.39 is 0 Å². The second kappa shape index (κ2) is 7.72. The standard InChI is InChI=1S/C18H22O2.2C2H6/c1-18-9-8-14-13-5-3-12(19)10-11(13)2-4-15(14)16(18)6-7-17(18)20;2*1-2/h3,5,10,14-16,19H,2,4,6-9H2,1H3;2*1-2H3/t14?,15?,16-,18?;;/m0../s1. The van der Waals surface area contributed by atoms with E-state index in [4.69, 9.17) is 0 Å². The number of aryl methyl sites for hydroxylation is 1. The third kappa shape index (κ3) is 3.00. The maximum absolute atomic E-state index is 12.3. The number of carbonyl (C=O) groups excluding carboxylic acids is 1. The molecule has 24 heavy (non-hydrogen) atoms. The molecule has 3 unspecified atom stereocenters. The zero-order valence-electron chi connectivity index (χ0n) is 16.1. The molecule has 0 amide bonds. The largest absolute Gasteiger partial charge is 0.508 e. The fraction of sp³-hybridized carbons (Fsp3) is 0.682. The Hall–Kier alpha value is -1.31. The number of carbonyl (C=O) groups is 1. The van der Waals surface area contributed by atoms with E-state index in [-0.39, 0.29) is 5.41 Å². The van der Waals surface area contributed by atoms with E-state index in [0.29, 0.717) is 29.3 Å². The van der Waals surface area contributed by atoms with Crippen molar-refractivity contribution < 1.29 is 9.90 Å². The monoisotopic (exact) mass is 330 g/mol. The van der Waals surface area contributed by atoms with Crippen LogP contribution in [0.4, 0.5) is 0 Å². The molecular weight excluding hydrogens is 296 g/mol. The summed E-state index contributed by atoms with van der Waals surface area (Å²) in [5.41, 5.74) is 2.75. The zero-order valence-corrected chi connectivity index (χ0v) is 16.1. The zero-order chi connectivity index (χ0) is 17.9. The molecule has 1 N–H and O–H groups in total. The minimum absolute atomic E-state index is 0.0322. The molecule has 2 fully saturated rings. The van der Waals surface area contributed by atoms with Crippen molar-refractivity contribution in [2.75, 3.05) is 0 Å². The molecule has 3 aliphatic rings. The summed E-state index contributed by atoms with van der Waals surface area (Å²) in [6.07, 6.45) is 6.34. The first-order chi connectivity index (χ1) is 11.6. The molecule has 0 radical (unpaired) electrons. The summed E-state index contributed by atoms with van der Waals surface area (Å²) in [4.78, 5) is 12.3. The average Bonchev–Trinajstić information content (AvgIpc) is 2.93. The van der Waals surface area contributed by atoms with E-state index in [9.17, 15) is 9.90 Å². The summed E-state index contributed by atoms with van der Waals surface area (Å²) in [5.74, 6) is 2.78. The molecule has 0 aromatic heterocycles. The van der Waals surface area contributed by atoms with E-state index >= 15 is 0 Å². The quantitative estimate of drug-likeness (QED) is 0.646. The highest BCUT2D eigenvalue weighted by Gasteiger charge is 2.54. The highest BCUT2D eigenvalue weighted by atomic mass is 16.3. The first kappa shape index (κ1) is 19.0. The Morgan fingerprint density at radius 3 is 2.46 bits per heavy atom. The first-order valence-electron chi connectivity index (χ1n) is 9.95. The molecule has 0 heterocycles. The fourth-order valence-corrected chi connectivity index (χ4v) is 5.34.